The second-order valence-electron chi connectivity index (χ2n) is 5.33. The minimum Gasteiger partial charge on any atom is -0.399 e. The van der Waals surface area contributed by atoms with E-state index >= 15 is 0 Å². The summed E-state index contributed by atoms with van der Waals surface area (Å²) < 4.78 is 0. The molecule has 0 bridgehead atoms. The molecule has 0 radical (unpaired) electrons. The zero-order valence-corrected chi connectivity index (χ0v) is 12.1. The van der Waals surface area contributed by atoms with Gasteiger partial charge >= 0.3 is 0 Å². The van der Waals surface area contributed by atoms with Gasteiger partial charge in [0, 0.05) is 44.9 Å². The molecule has 0 spiro atoms. The highest BCUT2D eigenvalue weighted by molar-refractivity contribution is 5.96. The molecule has 1 heterocycles. The lowest BCUT2D eigenvalue weighted by Gasteiger charge is -2.29. The predicted octanol–water partition coefficient (Wildman–Crippen LogP) is 1.42. The number of hydrogen-bond donors (Lipinski definition) is 1. The molecule has 0 fully saturated rings. The van der Waals surface area contributed by atoms with E-state index < -0.39 is 0 Å². The summed E-state index contributed by atoms with van der Waals surface area (Å²) in [6.07, 6.45) is 2.39. The monoisotopic (exact) mass is 275 g/mol. The molecule has 0 unspecified atom stereocenters. The minimum absolute atomic E-state index is 0.0898. The van der Waals surface area contributed by atoms with Crippen LogP contribution in [0.1, 0.15) is 24.8 Å². The van der Waals surface area contributed by atoms with Crippen LogP contribution in [-0.4, -0.2) is 37.4 Å². The van der Waals surface area contributed by atoms with E-state index in [9.17, 15) is 9.59 Å². The summed E-state index contributed by atoms with van der Waals surface area (Å²) in [7, 11) is 3.49. The van der Waals surface area contributed by atoms with Gasteiger partial charge in [0.15, 0.2) is 0 Å². The third-order valence-electron chi connectivity index (χ3n) is 3.57. The summed E-state index contributed by atoms with van der Waals surface area (Å²) in [5, 5.41) is 0. The van der Waals surface area contributed by atoms with Gasteiger partial charge in [0.25, 0.3) is 0 Å². The lowest BCUT2D eigenvalue weighted by atomic mass is 10.00. The van der Waals surface area contributed by atoms with Crippen molar-refractivity contribution in [3.8, 4) is 0 Å². The predicted molar refractivity (Wildman–Crippen MR) is 79.5 cm³/mol. The van der Waals surface area contributed by atoms with Gasteiger partial charge in [0.1, 0.15) is 0 Å². The largest absolute Gasteiger partial charge is 0.399 e. The molecule has 0 aliphatic carbocycles. The number of nitrogen functional groups attached to an aromatic ring is 1. The lowest BCUT2D eigenvalue weighted by molar-refractivity contribution is -0.129. The molecule has 2 amide bonds. The van der Waals surface area contributed by atoms with E-state index in [1.807, 2.05) is 18.2 Å². The van der Waals surface area contributed by atoms with E-state index in [0.717, 1.165) is 23.4 Å². The molecular weight excluding hydrogens is 254 g/mol. The molecule has 2 rings (SSSR count). The molecule has 0 atom stereocenters. The maximum atomic E-state index is 12.1. The molecule has 1 aliphatic rings. The van der Waals surface area contributed by atoms with Crippen LogP contribution in [0.25, 0.3) is 0 Å². The van der Waals surface area contributed by atoms with E-state index in [-0.39, 0.29) is 11.8 Å². The van der Waals surface area contributed by atoms with Gasteiger partial charge < -0.3 is 15.5 Å². The molecule has 5 heteroatoms. The van der Waals surface area contributed by atoms with Gasteiger partial charge in [-0.2, -0.15) is 0 Å². The van der Waals surface area contributed by atoms with Crippen molar-refractivity contribution in [2.24, 2.45) is 0 Å². The highest BCUT2D eigenvalue weighted by Crippen LogP contribution is 2.29. The van der Waals surface area contributed by atoms with Crippen LogP contribution in [0.15, 0.2) is 18.2 Å². The van der Waals surface area contributed by atoms with Crippen molar-refractivity contribution < 1.29 is 9.59 Å². The molecule has 108 valence electrons. The van der Waals surface area contributed by atoms with Crippen molar-refractivity contribution in [2.75, 3.05) is 31.3 Å². The van der Waals surface area contributed by atoms with Crippen LogP contribution in [0.5, 0.6) is 0 Å². The van der Waals surface area contributed by atoms with Gasteiger partial charge in [-0.05, 0) is 36.6 Å². The summed E-state index contributed by atoms with van der Waals surface area (Å²) in [6, 6.07) is 5.64. The van der Waals surface area contributed by atoms with Crippen molar-refractivity contribution >= 4 is 23.2 Å². The van der Waals surface area contributed by atoms with Crippen molar-refractivity contribution in [1.82, 2.24) is 4.90 Å². The first-order valence-electron chi connectivity index (χ1n) is 6.88. The average molecular weight is 275 g/mol. The molecule has 0 saturated carbocycles. The minimum atomic E-state index is 0.0898. The molecule has 1 aromatic rings. The Morgan fingerprint density at radius 2 is 2.10 bits per heavy atom. The maximum absolute atomic E-state index is 12.1. The Morgan fingerprint density at radius 1 is 1.35 bits per heavy atom. The fraction of sp³-hybridized carbons (Fsp3) is 0.467. The number of anilines is 2. The Kier molecular flexibility index (Phi) is 4.27. The van der Waals surface area contributed by atoms with Gasteiger partial charge in [-0.25, -0.2) is 0 Å². The van der Waals surface area contributed by atoms with Crippen LogP contribution >= 0.6 is 0 Å². The average Bonchev–Trinajstić information content (AvgIpc) is 2.41. The van der Waals surface area contributed by atoms with E-state index in [4.69, 9.17) is 5.73 Å². The Labute approximate surface area is 119 Å². The molecular formula is C15H21N3O2. The number of amides is 2. The van der Waals surface area contributed by atoms with Crippen LogP contribution in [0.2, 0.25) is 0 Å². The highest BCUT2D eigenvalue weighted by Gasteiger charge is 2.23. The number of carbonyl (C=O) groups excluding carboxylic acids is 2. The third kappa shape index (κ3) is 3.10. The first-order chi connectivity index (χ1) is 9.49. The molecule has 1 aliphatic heterocycles. The van der Waals surface area contributed by atoms with Crippen LogP contribution < -0.4 is 10.6 Å². The highest BCUT2D eigenvalue weighted by atomic mass is 16.2. The number of benzene rings is 1. The van der Waals surface area contributed by atoms with Gasteiger partial charge in [-0.3, -0.25) is 9.59 Å². The van der Waals surface area contributed by atoms with E-state index in [2.05, 4.69) is 0 Å². The molecule has 5 nitrogen and oxygen atoms in total. The zero-order chi connectivity index (χ0) is 14.7. The summed E-state index contributed by atoms with van der Waals surface area (Å²) >= 11 is 0. The van der Waals surface area contributed by atoms with Gasteiger partial charge in [-0.15, -0.1) is 0 Å². The van der Waals surface area contributed by atoms with Crippen molar-refractivity contribution in [3.05, 3.63) is 23.8 Å². The van der Waals surface area contributed by atoms with Crippen molar-refractivity contribution in [1.29, 1.82) is 0 Å². The van der Waals surface area contributed by atoms with Crippen LogP contribution in [0, 0.1) is 0 Å². The summed E-state index contributed by atoms with van der Waals surface area (Å²) in [4.78, 5) is 27.0. The molecule has 2 N–H and O–H groups in total. The van der Waals surface area contributed by atoms with Crippen LogP contribution in [-0.2, 0) is 16.0 Å². The van der Waals surface area contributed by atoms with Crippen LogP contribution in [0.3, 0.4) is 0 Å². The standard InChI is InChI=1S/C15H21N3O2/c1-17(2)14(19)4-3-9-18-13-7-6-12(16)10-11(13)5-8-15(18)20/h6-7,10H,3-5,8-9,16H2,1-2H3. The second-order valence-corrected chi connectivity index (χ2v) is 5.33. The fourth-order valence-corrected chi connectivity index (χ4v) is 2.44. The SMILES string of the molecule is CN(C)C(=O)CCCN1C(=O)CCc2cc(N)ccc21. The first kappa shape index (κ1) is 14.4. The lowest BCUT2D eigenvalue weighted by Crippen LogP contribution is -2.36. The number of rotatable bonds is 4. The quantitative estimate of drug-likeness (QED) is 0.845. The van der Waals surface area contributed by atoms with E-state index in [1.54, 1.807) is 23.9 Å². The van der Waals surface area contributed by atoms with Gasteiger partial charge in [0.05, 0.1) is 0 Å². The zero-order valence-electron chi connectivity index (χ0n) is 12.1. The van der Waals surface area contributed by atoms with Crippen molar-refractivity contribution in [3.63, 3.8) is 0 Å². The van der Waals surface area contributed by atoms with Gasteiger partial charge in [-0.1, -0.05) is 0 Å². The number of fused-ring (bicyclic) bond motifs is 1. The van der Waals surface area contributed by atoms with Crippen LogP contribution in [0.4, 0.5) is 11.4 Å². The molecule has 0 saturated heterocycles. The summed E-state index contributed by atoms with van der Waals surface area (Å²) in [6.45, 7) is 0.579. The van der Waals surface area contributed by atoms with Crippen molar-refractivity contribution in [2.45, 2.75) is 25.7 Å². The third-order valence-corrected chi connectivity index (χ3v) is 3.57. The van der Waals surface area contributed by atoms with Gasteiger partial charge in [0.2, 0.25) is 11.8 Å². The number of carbonyl (C=O) groups is 2. The summed E-state index contributed by atoms with van der Waals surface area (Å²) in [5.41, 5.74) is 8.56. The Morgan fingerprint density at radius 3 is 2.80 bits per heavy atom. The number of nitrogens with two attached hydrogens (primary N) is 1. The first-order valence-corrected chi connectivity index (χ1v) is 6.88. The van der Waals surface area contributed by atoms with E-state index in [0.29, 0.717) is 25.8 Å². The normalized spacial score (nSPS) is 14.1. The molecule has 20 heavy (non-hydrogen) atoms. The Hall–Kier alpha value is -2.04. The Balaban J connectivity index is 2.04. The topological polar surface area (TPSA) is 66.6 Å². The number of aryl methyl sites for hydroxylation is 1. The number of nitrogens with zero attached hydrogens (tertiary/aromatic N) is 2. The summed E-state index contributed by atoms with van der Waals surface area (Å²) in [5.74, 6) is 0.214. The van der Waals surface area contributed by atoms with E-state index in [1.165, 1.54) is 0 Å². The fourth-order valence-electron chi connectivity index (χ4n) is 2.44. The molecule has 0 aromatic heterocycles. The number of hydrogen-bond acceptors (Lipinski definition) is 3. The maximum Gasteiger partial charge on any atom is 0.227 e. The second kappa shape index (κ2) is 5.94. The molecule has 1 aromatic carbocycles. The smallest absolute Gasteiger partial charge is 0.227 e. The Bertz CT molecular complexity index is 526.